The third kappa shape index (κ3) is 4.97. The van der Waals surface area contributed by atoms with Crippen LogP contribution in [0.15, 0.2) is 34.9 Å². The molecule has 0 radical (unpaired) electrons. The number of aliphatic hydroxyl groups excluding tert-OH is 2. The average Bonchev–Trinajstić information content (AvgIpc) is 3.82. The molecule has 7 rings (SSSR count). The highest BCUT2D eigenvalue weighted by Gasteiger charge is 2.50. The van der Waals surface area contributed by atoms with Gasteiger partial charge in [0.1, 0.15) is 35.6 Å². The van der Waals surface area contributed by atoms with Crippen molar-refractivity contribution in [1.29, 1.82) is 0 Å². The van der Waals surface area contributed by atoms with Crippen molar-refractivity contribution >= 4 is 45.3 Å². The third-order valence-corrected chi connectivity index (χ3v) is 13.1. The van der Waals surface area contributed by atoms with E-state index in [1.807, 2.05) is 18.7 Å². The standard InChI is InChI=1S/C30H36N8O8S2/c1-13-21(19(15(3)39)29(43)44)37-23(25(13)47-17-5-33-9-31-10-34(33)6-17)27(41)38-22(20(16(4)40)30(45)46)14(2)26(24(38)28(37)42)48-18-7-35-11-32-12-36(35)8-18/h9-22,39-40H,5-8H2,1-4H3/p+2. The maximum absolute atomic E-state index is 15.0. The van der Waals surface area contributed by atoms with Crippen LogP contribution in [0.3, 0.4) is 0 Å². The molecule has 0 amide bonds. The molecular formula is C30H38N8O8S2+2. The van der Waals surface area contributed by atoms with Crippen LogP contribution in [0.4, 0.5) is 0 Å². The molecule has 0 saturated heterocycles. The summed E-state index contributed by atoms with van der Waals surface area (Å²) in [5.74, 6) is -6.69. The second kappa shape index (κ2) is 12.0. The van der Waals surface area contributed by atoms with E-state index in [-0.39, 0.29) is 21.2 Å². The number of hydrogen-bond donors (Lipinski definition) is 4. The van der Waals surface area contributed by atoms with Crippen LogP contribution in [0.5, 0.6) is 0 Å². The summed E-state index contributed by atoms with van der Waals surface area (Å²) in [7, 11) is 0. The molecule has 16 nitrogen and oxygen atoms in total. The van der Waals surface area contributed by atoms with Crippen molar-refractivity contribution in [3.63, 3.8) is 0 Å². The maximum atomic E-state index is 15.0. The molecule has 0 bridgehead atoms. The summed E-state index contributed by atoms with van der Waals surface area (Å²) in [6.07, 6.45) is 4.08. The number of aliphatic carboxylic acids is 2. The van der Waals surface area contributed by atoms with E-state index in [9.17, 15) is 39.6 Å². The lowest BCUT2D eigenvalue weighted by Gasteiger charge is -2.30. The van der Waals surface area contributed by atoms with Gasteiger partial charge in [0.05, 0.1) is 47.9 Å². The first-order valence-electron chi connectivity index (χ1n) is 15.9. The fourth-order valence-electron chi connectivity index (χ4n) is 8.09. The number of thioether (sulfide) groups is 2. The number of carboxylic acid groups (broad SMARTS) is 2. The van der Waals surface area contributed by atoms with E-state index in [4.69, 9.17) is 0 Å². The Labute approximate surface area is 281 Å². The highest BCUT2D eigenvalue weighted by atomic mass is 32.2. The van der Waals surface area contributed by atoms with Gasteiger partial charge in [-0.1, -0.05) is 13.8 Å². The topological polar surface area (TPSA) is 202 Å². The Morgan fingerprint density at radius 2 is 1.15 bits per heavy atom. The summed E-state index contributed by atoms with van der Waals surface area (Å²) in [4.78, 5) is 64.7. The van der Waals surface area contributed by atoms with E-state index in [1.165, 1.54) is 46.5 Å². The molecule has 8 unspecified atom stereocenters. The van der Waals surface area contributed by atoms with Crippen LogP contribution in [-0.2, 0) is 35.8 Å². The van der Waals surface area contributed by atoms with Gasteiger partial charge in [-0.05, 0) is 23.8 Å². The van der Waals surface area contributed by atoms with Crippen LogP contribution < -0.4 is 31.2 Å². The number of aromatic nitrogens is 8. The summed E-state index contributed by atoms with van der Waals surface area (Å²) in [5, 5.41) is 42.1. The zero-order chi connectivity index (χ0) is 34.3. The molecule has 0 aliphatic carbocycles. The number of fused-ring (bicyclic) bond motifs is 4. The van der Waals surface area contributed by atoms with Gasteiger partial charge >= 0.3 is 24.6 Å². The van der Waals surface area contributed by atoms with Crippen molar-refractivity contribution in [2.75, 3.05) is 0 Å². The minimum absolute atomic E-state index is 0.00877. The van der Waals surface area contributed by atoms with Crippen molar-refractivity contribution in [3.05, 3.63) is 56.7 Å². The Morgan fingerprint density at radius 3 is 1.46 bits per heavy atom. The Hall–Kier alpha value is -3.74. The van der Waals surface area contributed by atoms with Crippen LogP contribution in [0.2, 0.25) is 0 Å². The van der Waals surface area contributed by atoms with E-state index in [0.29, 0.717) is 36.0 Å². The lowest BCUT2D eigenvalue weighted by atomic mass is 9.87. The molecule has 4 aliphatic rings. The zero-order valence-corrected chi connectivity index (χ0v) is 28.4. The van der Waals surface area contributed by atoms with Crippen LogP contribution in [0.25, 0.3) is 9.81 Å². The normalized spacial score (nSPS) is 28.1. The largest absolute Gasteiger partial charge is 0.481 e. The van der Waals surface area contributed by atoms with Crippen LogP contribution >= 0.6 is 23.5 Å². The van der Waals surface area contributed by atoms with Gasteiger partial charge in [-0.25, -0.2) is 0 Å². The van der Waals surface area contributed by atoms with Crippen molar-refractivity contribution in [2.24, 2.45) is 23.7 Å². The number of carbonyl (C=O) groups is 2. The Morgan fingerprint density at radius 1 is 0.771 bits per heavy atom. The molecule has 0 spiro atoms. The monoisotopic (exact) mass is 702 g/mol. The van der Waals surface area contributed by atoms with Crippen LogP contribution in [0.1, 0.15) is 39.8 Å². The molecule has 3 aromatic rings. The Bertz CT molecular complexity index is 1880. The molecule has 48 heavy (non-hydrogen) atoms. The molecular weight excluding hydrogens is 665 g/mol. The number of hydrogen-bond acceptors (Lipinski definition) is 10. The lowest BCUT2D eigenvalue weighted by Crippen LogP contribution is -2.59. The number of carboxylic acids is 2. The summed E-state index contributed by atoms with van der Waals surface area (Å²) in [6, 6.07) is -2.16. The first kappa shape index (κ1) is 32.8. The first-order valence-corrected chi connectivity index (χ1v) is 17.7. The Kier molecular flexibility index (Phi) is 8.19. The molecule has 0 aromatic carbocycles. The number of rotatable bonds is 10. The molecule has 4 N–H and O–H groups in total. The fraction of sp³-hybridized carbons (Fsp3) is 0.600. The Balaban J connectivity index is 1.48. The van der Waals surface area contributed by atoms with Crippen molar-refractivity contribution in [1.82, 2.24) is 28.5 Å². The smallest absolute Gasteiger partial charge is 0.311 e. The molecule has 256 valence electrons. The fourth-order valence-corrected chi connectivity index (χ4v) is 11.0. The van der Waals surface area contributed by atoms with Crippen LogP contribution in [-0.4, -0.2) is 83.5 Å². The predicted molar refractivity (Wildman–Crippen MR) is 171 cm³/mol. The third-order valence-electron chi connectivity index (χ3n) is 10.2. The molecule has 7 heterocycles. The lowest BCUT2D eigenvalue weighted by molar-refractivity contribution is -0.758. The first-order chi connectivity index (χ1) is 22.8. The van der Waals surface area contributed by atoms with Crippen molar-refractivity contribution in [2.45, 2.75) is 88.7 Å². The van der Waals surface area contributed by atoms with E-state index in [1.54, 1.807) is 39.2 Å². The quantitative estimate of drug-likeness (QED) is 0.160. The van der Waals surface area contributed by atoms with Gasteiger partial charge in [-0.2, -0.15) is 18.7 Å². The van der Waals surface area contributed by atoms with Gasteiger partial charge in [0, 0.05) is 21.6 Å². The van der Waals surface area contributed by atoms with E-state index < -0.39 is 71.0 Å². The minimum atomic E-state index is -1.41. The minimum Gasteiger partial charge on any atom is -0.481 e. The molecule has 0 fully saturated rings. The van der Waals surface area contributed by atoms with Gasteiger partial charge in [-0.15, -0.1) is 23.5 Å². The van der Waals surface area contributed by atoms with Gasteiger partial charge in [0.2, 0.25) is 12.7 Å². The highest BCUT2D eigenvalue weighted by Crippen LogP contribution is 2.45. The zero-order valence-electron chi connectivity index (χ0n) is 26.7. The molecule has 18 heteroatoms. The second-order valence-electron chi connectivity index (χ2n) is 13.3. The number of nitrogens with zero attached hydrogens (tertiary/aromatic N) is 8. The number of aliphatic hydroxyl groups is 2. The molecule has 0 saturated carbocycles. The average molecular weight is 703 g/mol. The van der Waals surface area contributed by atoms with Crippen molar-refractivity contribution in [3.8, 4) is 0 Å². The SMILES string of the molecule is CC(O)C(C(=O)O)C1C(C)C(SC2Cn3cnc[n+]3C2)=c2c(=O)n3c(c(=O)n21)=C(SC1Cn2cnc[n+]2C1)C(C)C3C(C(=O)O)C(C)O. The maximum Gasteiger partial charge on any atom is 0.311 e. The predicted octanol–water partition coefficient (Wildman–Crippen LogP) is -2.63. The summed E-state index contributed by atoms with van der Waals surface area (Å²) in [5.41, 5.74) is -1.22. The van der Waals surface area contributed by atoms with E-state index in [0.717, 1.165) is 0 Å². The second-order valence-corrected chi connectivity index (χ2v) is 16.0. The van der Waals surface area contributed by atoms with Crippen molar-refractivity contribution < 1.29 is 39.4 Å². The van der Waals surface area contributed by atoms with E-state index in [2.05, 4.69) is 9.97 Å². The highest BCUT2D eigenvalue weighted by molar-refractivity contribution is 8.08. The van der Waals surface area contributed by atoms with E-state index >= 15 is 0 Å². The van der Waals surface area contributed by atoms with Gasteiger partial charge < -0.3 is 20.4 Å². The molecule has 3 aromatic heterocycles. The summed E-state index contributed by atoms with van der Waals surface area (Å²) in [6.45, 7) is 8.53. The molecule has 8 atom stereocenters. The van der Waals surface area contributed by atoms with Gasteiger partial charge in [0.15, 0.2) is 0 Å². The summed E-state index contributed by atoms with van der Waals surface area (Å²) < 4.78 is 10.2. The van der Waals surface area contributed by atoms with Gasteiger partial charge in [-0.3, -0.25) is 28.3 Å². The van der Waals surface area contributed by atoms with Crippen LogP contribution in [0, 0.1) is 23.7 Å². The summed E-state index contributed by atoms with van der Waals surface area (Å²) >= 11 is 2.79. The molecule has 4 aliphatic heterocycles. The van der Waals surface area contributed by atoms with Gasteiger partial charge in [0.25, 0.3) is 11.1 Å².